The van der Waals surface area contributed by atoms with Crippen LogP contribution in [0.2, 0.25) is 5.02 Å². The molecule has 0 aromatic heterocycles. The van der Waals surface area contributed by atoms with Crippen molar-refractivity contribution in [3.05, 3.63) is 29.3 Å². The first-order valence-electron chi connectivity index (χ1n) is 6.41. The largest absolute Gasteiger partial charge is 0.492 e. The quantitative estimate of drug-likeness (QED) is 0.748. The van der Waals surface area contributed by atoms with E-state index in [0.717, 1.165) is 13.1 Å². The lowest BCUT2D eigenvalue weighted by atomic mass is 10.3. The van der Waals surface area contributed by atoms with E-state index in [1.165, 1.54) is 0 Å². The van der Waals surface area contributed by atoms with E-state index >= 15 is 0 Å². The van der Waals surface area contributed by atoms with E-state index < -0.39 is 0 Å². The molecule has 4 nitrogen and oxygen atoms in total. The molecule has 0 bridgehead atoms. The molecular weight excluding hydrogens is 299 g/mol. The summed E-state index contributed by atoms with van der Waals surface area (Å²) >= 11 is 5.97. The topological polar surface area (TPSA) is 41.6 Å². The number of ether oxygens (including phenoxy) is 1. The number of nitrogens with one attached hydrogen (secondary N) is 1. The third kappa shape index (κ3) is 6.98. The molecule has 1 amide bonds. The molecule has 0 fully saturated rings. The SMILES string of the molecule is CNCCN(C)C(=O)CCCOc1ccccc1Cl.Cl. The highest BCUT2D eigenvalue weighted by Crippen LogP contribution is 2.23. The molecule has 0 spiro atoms. The van der Waals surface area contributed by atoms with Gasteiger partial charge < -0.3 is 15.0 Å². The van der Waals surface area contributed by atoms with Crippen molar-refractivity contribution in [1.29, 1.82) is 0 Å². The van der Waals surface area contributed by atoms with Gasteiger partial charge in [-0.25, -0.2) is 0 Å². The van der Waals surface area contributed by atoms with Gasteiger partial charge in [0.25, 0.3) is 0 Å². The van der Waals surface area contributed by atoms with Gasteiger partial charge in [-0.3, -0.25) is 4.79 Å². The summed E-state index contributed by atoms with van der Waals surface area (Å²) in [4.78, 5) is 13.5. The number of para-hydroxylation sites is 1. The van der Waals surface area contributed by atoms with Crippen LogP contribution in [-0.2, 0) is 4.79 Å². The molecule has 20 heavy (non-hydrogen) atoms. The van der Waals surface area contributed by atoms with Crippen molar-refractivity contribution in [3.63, 3.8) is 0 Å². The molecule has 1 rings (SSSR count). The molecule has 6 heteroatoms. The monoisotopic (exact) mass is 320 g/mol. The predicted molar refractivity (Wildman–Crippen MR) is 85.0 cm³/mol. The first kappa shape index (κ1) is 19.0. The predicted octanol–water partition coefficient (Wildman–Crippen LogP) is 2.60. The number of likely N-dealkylation sites (N-methyl/N-ethyl adjacent to an activating group) is 2. The van der Waals surface area contributed by atoms with Crippen LogP contribution in [0.1, 0.15) is 12.8 Å². The van der Waals surface area contributed by atoms with Gasteiger partial charge in [0.1, 0.15) is 5.75 Å². The molecule has 1 N–H and O–H groups in total. The Kier molecular flexibility index (Phi) is 10.3. The van der Waals surface area contributed by atoms with E-state index in [2.05, 4.69) is 5.32 Å². The summed E-state index contributed by atoms with van der Waals surface area (Å²) in [6.07, 6.45) is 1.18. The summed E-state index contributed by atoms with van der Waals surface area (Å²) in [5.41, 5.74) is 0. The van der Waals surface area contributed by atoms with Crippen LogP contribution >= 0.6 is 24.0 Å². The second-order valence-electron chi connectivity index (χ2n) is 4.30. The average molecular weight is 321 g/mol. The number of hydrogen-bond acceptors (Lipinski definition) is 3. The maximum atomic E-state index is 11.7. The van der Waals surface area contributed by atoms with Crippen LogP contribution in [0.15, 0.2) is 24.3 Å². The Hall–Kier alpha value is -0.970. The fourth-order valence-corrected chi connectivity index (χ4v) is 1.75. The van der Waals surface area contributed by atoms with Gasteiger partial charge in [0.15, 0.2) is 0 Å². The highest BCUT2D eigenvalue weighted by atomic mass is 35.5. The van der Waals surface area contributed by atoms with Crippen molar-refractivity contribution in [2.75, 3.05) is 33.8 Å². The molecule has 0 aliphatic rings. The lowest BCUT2D eigenvalue weighted by Gasteiger charge is -2.16. The molecule has 0 saturated carbocycles. The maximum Gasteiger partial charge on any atom is 0.222 e. The van der Waals surface area contributed by atoms with Gasteiger partial charge in [-0.2, -0.15) is 0 Å². The molecular formula is C14H22Cl2N2O2. The minimum absolute atomic E-state index is 0. The van der Waals surface area contributed by atoms with Gasteiger partial charge in [0, 0.05) is 26.6 Å². The van der Waals surface area contributed by atoms with E-state index in [9.17, 15) is 4.79 Å². The Morgan fingerprint density at radius 1 is 1.40 bits per heavy atom. The Morgan fingerprint density at radius 3 is 2.75 bits per heavy atom. The van der Waals surface area contributed by atoms with Crippen molar-refractivity contribution < 1.29 is 9.53 Å². The number of carbonyl (C=O) groups excluding carboxylic acids is 1. The summed E-state index contributed by atoms with van der Waals surface area (Å²) in [5, 5.41) is 3.61. The lowest BCUT2D eigenvalue weighted by molar-refractivity contribution is -0.130. The second kappa shape index (κ2) is 10.8. The van der Waals surface area contributed by atoms with Crippen LogP contribution in [0, 0.1) is 0 Å². The van der Waals surface area contributed by atoms with Crippen LogP contribution in [0.25, 0.3) is 0 Å². The minimum Gasteiger partial charge on any atom is -0.492 e. The van der Waals surface area contributed by atoms with Crippen molar-refractivity contribution >= 4 is 29.9 Å². The first-order valence-corrected chi connectivity index (χ1v) is 6.79. The molecule has 0 aliphatic heterocycles. The second-order valence-corrected chi connectivity index (χ2v) is 4.71. The molecule has 114 valence electrons. The smallest absolute Gasteiger partial charge is 0.222 e. The maximum absolute atomic E-state index is 11.7. The van der Waals surface area contributed by atoms with E-state index in [1.807, 2.05) is 32.3 Å². The number of halogens is 2. The summed E-state index contributed by atoms with van der Waals surface area (Å²) in [6.45, 7) is 2.02. The van der Waals surface area contributed by atoms with Crippen LogP contribution < -0.4 is 10.1 Å². The Morgan fingerprint density at radius 2 is 2.10 bits per heavy atom. The fraction of sp³-hybridized carbons (Fsp3) is 0.500. The van der Waals surface area contributed by atoms with E-state index in [4.69, 9.17) is 16.3 Å². The average Bonchev–Trinajstić information content (AvgIpc) is 2.42. The van der Waals surface area contributed by atoms with Crippen molar-refractivity contribution in [3.8, 4) is 5.75 Å². The van der Waals surface area contributed by atoms with Crippen LogP contribution in [0.3, 0.4) is 0 Å². The number of benzene rings is 1. The van der Waals surface area contributed by atoms with Crippen molar-refractivity contribution in [1.82, 2.24) is 10.2 Å². The first-order chi connectivity index (χ1) is 9.15. The molecule has 1 aromatic rings. The summed E-state index contributed by atoms with van der Waals surface area (Å²) in [7, 11) is 3.68. The number of amides is 1. The highest BCUT2D eigenvalue weighted by molar-refractivity contribution is 6.32. The van der Waals surface area contributed by atoms with Crippen LogP contribution in [0.5, 0.6) is 5.75 Å². The molecule has 0 aliphatic carbocycles. The normalized spacial score (nSPS) is 9.75. The summed E-state index contributed by atoms with van der Waals surface area (Å²) in [5.74, 6) is 0.804. The fourth-order valence-electron chi connectivity index (χ4n) is 1.56. The van der Waals surface area contributed by atoms with Gasteiger partial charge in [-0.05, 0) is 25.6 Å². The standard InChI is InChI=1S/C14H21ClN2O2.ClH/c1-16-9-10-17(2)14(18)8-5-11-19-13-7-4-3-6-12(13)15;/h3-4,6-7,16H,5,8-11H2,1-2H3;1H. The Bertz CT molecular complexity index is 403. The highest BCUT2D eigenvalue weighted by Gasteiger charge is 2.07. The minimum atomic E-state index is 0. The number of nitrogens with zero attached hydrogens (tertiary/aromatic N) is 1. The van der Waals surface area contributed by atoms with E-state index in [-0.39, 0.29) is 18.3 Å². The molecule has 0 atom stereocenters. The number of hydrogen-bond donors (Lipinski definition) is 1. The molecule has 1 aromatic carbocycles. The van der Waals surface area contributed by atoms with Gasteiger partial charge in [-0.1, -0.05) is 23.7 Å². The van der Waals surface area contributed by atoms with Gasteiger partial charge in [0.05, 0.1) is 11.6 Å². The van der Waals surface area contributed by atoms with Crippen LogP contribution in [-0.4, -0.2) is 44.6 Å². The molecule has 0 heterocycles. The zero-order valence-electron chi connectivity index (χ0n) is 11.9. The lowest BCUT2D eigenvalue weighted by Crippen LogP contribution is -2.32. The van der Waals surface area contributed by atoms with Crippen molar-refractivity contribution in [2.45, 2.75) is 12.8 Å². The van der Waals surface area contributed by atoms with Crippen molar-refractivity contribution in [2.24, 2.45) is 0 Å². The number of carbonyl (C=O) groups is 1. The van der Waals surface area contributed by atoms with Gasteiger partial charge >= 0.3 is 0 Å². The molecule has 0 unspecified atom stereocenters. The summed E-state index contributed by atoms with van der Waals surface area (Å²) < 4.78 is 5.53. The van der Waals surface area contributed by atoms with E-state index in [1.54, 1.807) is 11.0 Å². The molecule has 0 saturated heterocycles. The summed E-state index contributed by atoms with van der Waals surface area (Å²) in [6, 6.07) is 7.34. The van der Waals surface area contributed by atoms with Gasteiger partial charge in [-0.15, -0.1) is 12.4 Å². The number of rotatable bonds is 8. The molecule has 0 radical (unpaired) electrons. The third-order valence-electron chi connectivity index (χ3n) is 2.75. The van der Waals surface area contributed by atoms with E-state index in [0.29, 0.717) is 30.2 Å². The third-order valence-corrected chi connectivity index (χ3v) is 3.06. The van der Waals surface area contributed by atoms with Crippen LogP contribution in [0.4, 0.5) is 0 Å². The Balaban J connectivity index is 0.00000361. The zero-order valence-corrected chi connectivity index (χ0v) is 13.5. The van der Waals surface area contributed by atoms with Gasteiger partial charge in [0.2, 0.25) is 5.91 Å². The Labute approximate surface area is 131 Å². The zero-order chi connectivity index (χ0) is 14.1.